The molecule has 1 N–H and O–H groups in total. The molecule has 0 radical (unpaired) electrons. The predicted molar refractivity (Wildman–Crippen MR) is 84.7 cm³/mol. The molecule has 2 rings (SSSR count). The molecule has 0 bridgehead atoms. The number of hydrogen-bond donors (Lipinski definition) is 1. The van der Waals surface area contributed by atoms with Gasteiger partial charge in [-0.05, 0) is 38.8 Å². The van der Waals surface area contributed by atoms with Gasteiger partial charge in [0.15, 0.2) is 0 Å². The molecule has 4 nitrogen and oxygen atoms in total. The standard InChI is InChI=1S/C17H27NO3/c1-14(2)18(15-7-4-3-5-8-15)11-16(19)12-20-13-17-9-6-10-21-17/h3-5,7-8,14,16-17,19H,6,9-13H2,1-2H3. The Kier molecular flexibility index (Phi) is 6.49. The molecule has 0 amide bonds. The van der Waals surface area contributed by atoms with Crippen molar-refractivity contribution in [2.75, 3.05) is 31.3 Å². The van der Waals surface area contributed by atoms with E-state index in [1.165, 1.54) is 0 Å². The first kappa shape index (κ1) is 16.3. The van der Waals surface area contributed by atoms with Gasteiger partial charge >= 0.3 is 0 Å². The molecule has 0 saturated carbocycles. The number of ether oxygens (including phenoxy) is 2. The molecule has 1 saturated heterocycles. The highest BCUT2D eigenvalue weighted by atomic mass is 16.5. The quantitative estimate of drug-likeness (QED) is 0.799. The summed E-state index contributed by atoms with van der Waals surface area (Å²) in [5.74, 6) is 0. The number of aliphatic hydroxyl groups is 1. The summed E-state index contributed by atoms with van der Waals surface area (Å²) in [7, 11) is 0. The highest BCUT2D eigenvalue weighted by Crippen LogP contribution is 2.17. The highest BCUT2D eigenvalue weighted by Gasteiger charge is 2.18. The number of aliphatic hydroxyl groups excluding tert-OH is 1. The van der Waals surface area contributed by atoms with Gasteiger partial charge in [0.25, 0.3) is 0 Å². The fourth-order valence-electron chi connectivity index (χ4n) is 2.62. The van der Waals surface area contributed by atoms with Crippen molar-refractivity contribution in [2.45, 2.75) is 44.9 Å². The molecule has 0 aliphatic carbocycles. The third-order valence-corrected chi connectivity index (χ3v) is 3.76. The molecule has 21 heavy (non-hydrogen) atoms. The molecule has 0 aromatic heterocycles. The number of benzene rings is 1. The van der Waals surface area contributed by atoms with E-state index in [-0.39, 0.29) is 6.10 Å². The van der Waals surface area contributed by atoms with Gasteiger partial charge in [0.05, 0.1) is 25.4 Å². The monoisotopic (exact) mass is 293 g/mol. The van der Waals surface area contributed by atoms with Crippen molar-refractivity contribution in [2.24, 2.45) is 0 Å². The average molecular weight is 293 g/mol. The molecule has 1 aliphatic heterocycles. The number of rotatable bonds is 8. The normalized spacial score (nSPS) is 19.9. The van der Waals surface area contributed by atoms with Crippen LogP contribution in [0, 0.1) is 0 Å². The fourth-order valence-corrected chi connectivity index (χ4v) is 2.62. The number of hydrogen-bond acceptors (Lipinski definition) is 4. The minimum absolute atomic E-state index is 0.215. The lowest BCUT2D eigenvalue weighted by atomic mass is 10.2. The van der Waals surface area contributed by atoms with Crippen LogP contribution in [0.15, 0.2) is 30.3 Å². The van der Waals surface area contributed by atoms with Crippen LogP contribution in [0.1, 0.15) is 26.7 Å². The number of anilines is 1. The van der Waals surface area contributed by atoms with Crippen molar-refractivity contribution in [3.63, 3.8) is 0 Å². The van der Waals surface area contributed by atoms with Gasteiger partial charge in [0.2, 0.25) is 0 Å². The summed E-state index contributed by atoms with van der Waals surface area (Å²) < 4.78 is 11.1. The van der Waals surface area contributed by atoms with Crippen LogP contribution in [-0.2, 0) is 9.47 Å². The number of nitrogens with zero attached hydrogens (tertiary/aromatic N) is 1. The van der Waals surface area contributed by atoms with E-state index in [1.54, 1.807) is 0 Å². The summed E-state index contributed by atoms with van der Waals surface area (Å²) in [6, 6.07) is 10.5. The lowest BCUT2D eigenvalue weighted by molar-refractivity contribution is -0.0152. The Hall–Kier alpha value is -1.10. The van der Waals surface area contributed by atoms with E-state index in [0.717, 1.165) is 25.1 Å². The van der Waals surface area contributed by atoms with Crippen molar-refractivity contribution in [1.82, 2.24) is 0 Å². The average Bonchev–Trinajstić information content (AvgIpc) is 2.98. The van der Waals surface area contributed by atoms with Gasteiger partial charge in [-0.3, -0.25) is 0 Å². The minimum atomic E-state index is -0.492. The smallest absolute Gasteiger partial charge is 0.0948 e. The van der Waals surface area contributed by atoms with E-state index in [2.05, 4.69) is 30.9 Å². The summed E-state index contributed by atoms with van der Waals surface area (Å²) in [5.41, 5.74) is 1.13. The van der Waals surface area contributed by atoms with Crippen molar-refractivity contribution in [3.8, 4) is 0 Å². The third-order valence-electron chi connectivity index (χ3n) is 3.76. The zero-order chi connectivity index (χ0) is 15.1. The van der Waals surface area contributed by atoms with E-state index in [4.69, 9.17) is 9.47 Å². The van der Waals surface area contributed by atoms with Crippen LogP contribution in [0.3, 0.4) is 0 Å². The summed E-state index contributed by atoms with van der Waals surface area (Å²) in [6.45, 7) is 6.62. The van der Waals surface area contributed by atoms with E-state index in [9.17, 15) is 5.11 Å². The van der Waals surface area contributed by atoms with E-state index in [1.807, 2.05) is 18.2 Å². The Morgan fingerprint density at radius 2 is 2.10 bits per heavy atom. The zero-order valence-corrected chi connectivity index (χ0v) is 13.1. The third kappa shape index (κ3) is 5.30. The van der Waals surface area contributed by atoms with E-state index < -0.39 is 6.10 Å². The van der Waals surface area contributed by atoms with Crippen LogP contribution < -0.4 is 4.90 Å². The lowest BCUT2D eigenvalue weighted by Gasteiger charge is -2.31. The summed E-state index contributed by atoms with van der Waals surface area (Å²) in [4.78, 5) is 2.19. The van der Waals surface area contributed by atoms with Crippen LogP contribution in [0.5, 0.6) is 0 Å². The summed E-state index contributed by atoms with van der Waals surface area (Å²) in [5, 5.41) is 10.2. The SMILES string of the molecule is CC(C)N(CC(O)COCC1CCCO1)c1ccccc1. The second kappa shape index (κ2) is 8.37. The van der Waals surface area contributed by atoms with Crippen molar-refractivity contribution >= 4 is 5.69 Å². The van der Waals surface area contributed by atoms with Gasteiger partial charge in [-0.25, -0.2) is 0 Å². The van der Waals surface area contributed by atoms with Crippen LogP contribution in [0.2, 0.25) is 0 Å². The molecule has 1 aliphatic rings. The fraction of sp³-hybridized carbons (Fsp3) is 0.647. The summed E-state index contributed by atoms with van der Waals surface area (Å²) in [6.07, 6.45) is 1.91. The van der Waals surface area contributed by atoms with Crippen LogP contribution >= 0.6 is 0 Å². The molecule has 4 heteroatoms. The second-order valence-electron chi connectivity index (χ2n) is 5.91. The van der Waals surface area contributed by atoms with E-state index >= 15 is 0 Å². The number of para-hydroxylation sites is 1. The van der Waals surface area contributed by atoms with Gasteiger partial charge < -0.3 is 19.5 Å². The first-order chi connectivity index (χ1) is 10.2. The topological polar surface area (TPSA) is 41.9 Å². The van der Waals surface area contributed by atoms with Crippen molar-refractivity contribution < 1.29 is 14.6 Å². The van der Waals surface area contributed by atoms with Crippen LogP contribution in [0.4, 0.5) is 5.69 Å². The first-order valence-electron chi connectivity index (χ1n) is 7.86. The second-order valence-corrected chi connectivity index (χ2v) is 5.91. The maximum absolute atomic E-state index is 10.2. The Balaban J connectivity index is 1.77. The molecule has 1 heterocycles. The zero-order valence-electron chi connectivity index (χ0n) is 13.1. The molecule has 1 aromatic carbocycles. The molecule has 1 fully saturated rings. The first-order valence-corrected chi connectivity index (χ1v) is 7.86. The van der Waals surface area contributed by atoms with Crippen LogP contribution in [-0.4, -0.2) is 49.7 Å². The van der Waals surface area contributed by atoms with Gasteiger partial charge in [0, 0.05) is 24.9 Å². The maximum Gasteiger partial charge on any atom is 0.0948 e. The minimum Gasteiger partial charge on any atom is -0.389 e. The van der Waals surface area contributed by atoms with E-state index in [0.29, 0.717) is 25.8 Å². The highest BCUT2D eigenvalue weighted by molar-refractivity contribution is 5.46. The van der Waals surface area contributed by atoms with Gasteiger partial charge in [0.1, 0.15) is 0 Å². The van der Waals surface area contributed by atoms with Crippen molar-refractivity contribution in [1.29, 1.82) is 0 Å². The molecule has 2 atom stereocenters. The Morgan fingerprint density at radius 3 is 2.71 bits per heavy atom. The van der Waals surface area contributed by atoms with Gasteiger partial charge in [-0.15, -0.1) is 0 Å². The maximum atomic E-state index is 10.2. The predicted octanol–water partition coefficient (Wildman–Crippen LogP) is 2.46. The van der Waals surface area contributed by atoms with Crippen LogP contribution in [0.25, 0.3) is 0 Å². The molecule has 118 valence electrons. The Bertz CT molecular complexity index is 390. The van der Waals surface area contributed by atoms with Gasteiger partial charge in [-0.2, -0.15) is 0 Å². The Labute approximate surface area is 127 Å². The largest absolute Gasteiger partial charge is 0.389 e. The molecular weight excluding hydrogens is 266 g/mol. The Morgan fingerprint density at radius 1 is 1.33 bits per heavy atom. The van der Waals surface area contributed by atoms with Crippen molar-refractivity contribution in [3.05, 3.63) is 30.3 Å². The lowest BCUT2D eigenvalue weighted by Crippen LogP contribution is -2.39. The molecule has 1 aromatic rings. The summed E-state index contributed by atoms with van der Waals surface area (Å²) >= 11 is 0. The molecule has 2 unspecified atom stereocenters. The van der Waals surface area contributed by atoms with Gasteiger partial charge in [-0.1, -0.05) is 18.2 Å². The molecular formula is C17H27NO3. The molecule has 0 spiro atoms.